The van der Waals surface area contributed by atoms with Gasteiger partial charge in [-0.15, -0.1) is 0 Å². The van der Waals surface area contributed by atoms with Crippen LogP contribution in [0.3, 0.4) is 0 Å². The number of halogens is 2. The average molecular weight is 350 g/mol. The summed E-state index contributed by atoms with van der Waals surface area (Å²) < 4.78 is 31.3. The Balaban J connectivity index is 1.80. The molecule has 0 atom stereocenters. The number of hydrogen-bond acceptors (Lipinski definition) is 3. The molecule has 0 bridgehead atoms. The van der Waals surface area contributed by atoms with Crippen LogP contribution in [0.15, 0.2) is 30.6 Å². The van der Waals surface area contributed by atoms with E-state index < -0.39 is 12.6 Å². The monoisotopic (exact) mass is 350 g/mol. The highest BCUT2D eigenvalue weighted by Crippen LogP contribution is 2.29. The summed E-state index contributed by atoms with van der Waals surface area (Å²) >= 11 is 0. The highest BCUT2D eigenvalue weighted by molar-refractivity contribution is 5.92. The van der Waals surface area contributed by atoms with Gasteiger partial charge < -0.3 is 9.84 Å². The second kappa shape index (κ2) is 7.63. The van der Waals surface area contributed by atoms with E-state index in [9.17, 15) is 13.6 Å². The second-order valence-corrected chi connectivity index (χ2v) is 6.35. The average Bonchev–Trinajstić information content (AvgIpc) is 3.03. The SMILES string of the molecule is O=C(O)c1ccc(-c2cnn(CC3CCCCC3)c2)cc1OC(F)F. The van der Waals surface area contributed by atoms with E-state index in [4.69, 9.17) is 5.11 Å². The van der Waals surface area contributed by atoms with Crippen molar-refractivity contribution in [3.63, 3.8) is 0 Å². The van der Waals surface area contributed by atoms with E-state index in [0.29, 0.717) is 11.5 Å². The first-order valence-corrected chi connectivity index (χ1v) is 8.38. The molecular formula is C18H20F2N2O3. The van der Waals surface area contributed by atoms with Crippen LogP contribution in [0.5, 0.6) is 5.75 Å². The van der Waals surface area contributed by atoms with Gasteiger partial charge in [0.05, 0.1) is 6.20 Å². The molecule has 1 fully saturated rings. The molecule has 0 unspecified atom stereocenters. The molecule has 25 heavy (non-hydrogen) atoms. The molecule has 2 aromatic rings. The number of carboxylic acids is 1. The van der Waals surface area contributed by atoms with Gasteiger partial charge in [0.1, 0.15) is 11.3 Å². The van der Waals surface area contributed by atoms with Crippen molar-refractivity contribution in [2.45, 2.75) is 45.3 Å². The van der Waals surface area contributed by atoms with E-state index in [1.165, 1.54) is 44.2 Å². The van der Waals surface area contributed by atoms with Gasteiger partial charge in [-0.1, -0.05) is 25.3 Å². The largest absolute Gasteiger partial charge is 0.478 e. The number of benzene rings is 1. The molecule has 1 N–H and O–H groups in total. The van der Waals surface area contributed by atoms with E-state index in [2.05, 4.69) is 9.84 Å². The third kappa shape index (κ3) is 4.35. The predicted octanol–water partition coefficient (Wildman–Crippen LogP) is 4.43. The van der Waals surface area contributed by atoms with Gasteiger partial charge >= 0.3 is 12.6 Å². The number of aromatic nitrogens is 2. The molecule has 0 amide bonds. The summed E-state index contributed by atoms with van der Waals surface area (Å²) in [6.45, 7) is -2.24. The van der Waals surface area contributed by atoms with Crippen molar-refractivity contribution < 1.29 is 23.4 Å². The van der Waals surface area contributed by atoms with Crippen molar-refractivity contribution >= 4 is 5.97 Å². The lowest BCUT2D eigenvalue weighted by Crippen LogP contribution is -2.14. The number of aromatic carboxylic acids is 1. The van der Waals surface area contributed by atoms with Crippen LogP contribution in [-0.2, 0) is 6.54 Å². The first-order valence-electron chi connectivity index (χ1n) is 8.38. The van der Waals surface area contributed by atoms with Crippen molar-refractivity contribution in [3.05, 3.63) is 36.2 Å². The lowest BCUT2D eigenvalue weighted by Gasteiger charge is -2.21. The fourth-order valence-corrected chi connectivity index (χ4v) is 3.32. The van der Waals surface area contributed by atoms with Crippen LogP contribution in [0.1, 0.15) is 42.5 Å². The summed E-state index contributed by atoms with van der Waals surface area (Å²) in [4.78, 5) is 11.1. The highest BCUT2D eigenvalue weighted by Gasteiger charge is 2.18. The third-order valence-corrected chi connectivity index (χ3v) is 4.56. The zero-order chi connectivity index (χ0) is 17.8. The molecule has 1 heterocycles. The fraction of sp³-hybridized carbons (Fsp3) is 0.444. The second-order valence-electron chi connectivity index (χ2n) is 6.35. The van der Waals surface area contributed by atoms with Crippen LogP contribution in [-0.4, -0.2) is 27.5 Å². The maximum atomic E-state index is 12.5. The standard InChI is InChI=1S/C18H20F2N2O3/c19-18(20)25-16-8-13(6-7-15(16)17(23)24)14-9-21-22(11-14)10-12-4-2-1-3-5-12/h6-9,11-12,18H,1-5,10H2,(H,23,24). The van der Waals surface area contributed by atoms with Gasteiger partial charge in [0.15, 0.2) is 0 Å². The number of ether oxygens (including phenoxy) is 1. The molecule has 0 aliphatic heterocycles. The van der Waals surface area contributed by atoms with Crippen molar-refractivity contribution in [2.24, 2.45) is 5.92 Å². The van der Waals surface area contributed by atoms with Crippen LogP contribution in [0.25, 0.3) is 11.1 Å². The summed E-state index contributed by atoms with van der Waals surface area (Å²) in [5.41, 5.74) is 1.04. The molecule has 1 aromatic carbocycles. The summed E-state index contributed by atoms with van der Waals surface area (Å²) in [6.07, 6.45) is 9.72. The minimum atomic E-state index is -3.08. The Hall–Kier alpha value is -2.44. The first kappa shape index (κ1) is 17.4. The van der Waals surface area contributed by atoms with Gasteiger partial charge in [-0.3, -0.25) is 4.68 Å². The highest BCUT2D eigenvalue weighted by atomic mass is 19.3. The maximum absolute atomic E-state index is 12.5. The first-order chi connectivity index (χ1) is 12.0. The molecule has 0 spiro atoms. The van der Waals surface area contributed by atoms with Gasteiger partial charge in [-0.2, -0.15) is 13.9 Å². The van der Waals surface area contributed by atoms with Crippen molar-refractivity contribution in [2.75, 3.05) is 0 Å². The Labute approximate surface area is 144 Å². The Morgan fingerprint density at radius 1 is 1.28 bits per heavy atom. The van der Waals surface area contributed by atoms with Crippen LogP contribution < -0.4 is 4.74 Å². The summed E-state index contributed by atoms with van der Waals surface area (Å²) in [5.74, 6) is -1.04. The van der Waals surface area contributed by atoms with Crippen molar-refractivity contribution in [1.29, 1.82) is 0 Å². The zero-order valence-corrected chi connectivity index (χ0v) is 13.7. The minimum absolute atomic E-state index is 0.293. The molecule has 0 saturated heterocycles. The summed E-state index contributed by atoms with van der Waals surface area (Å²) in [7, 11) is 0. The molecular weight excluding hydrogens is 330 g/mol. The van der Waals surface area contributed by atoms with Gasteiger partial charge in [0.25, 0.3) is 0 Å². The Kier molecular flexibility index (Phi) is 5.31. The number of carboxylic acid groups (broad SMARTS) is 1. The Bertz CT molecular complexity index is 740. The number of nitrogens with zero attached hydrogens (tertiary/aromatic N) is 2. The molecule has 1 aliphatic rings. The maximum Gasteiger partial charge on any atom is 0.387 e. The van der Waals surface area contributed by atoms with Gasteiger partial charge in [-0.25, -0.2) is 4.79 Å². The lowest BCUT2D eigenvalue weighted by molar-refractivity contribution is -0.0502. The number of rotatable bonds is 6. The van der Waals surface area contributed by atoms with Crippen molar-refractivity contribution in [1.82, 2.24) is 9.78 Å². The van der Waals surface area contributed by atoms with Crippen LogP contribution >= 0.6 is 0 Å². The zero-order valence-electron chi connectivity index (χ0n) is 13.7. The van der Waals surface area contributed by atoms with Crippen LogP contribution in [0.4, 0.5) is 8.78 Å². The molecule has 134 valence electrons. The Morgan fingerprint density at radius 2 is 2.04 bits per heavy atom. The smallest absolute Gasteiger partial charge is 0.387 e. The summed E-state index contributed by atoms with van der Waals surface area (Å²) in [6, 6.07) is 4.16. The molecule has 5 nitrogen and oxygen atoms in total. The van der Waals surface area contributed by atoms with E-state index in [1.807, 2.05) is 10.9 Å². The minimum Gasteiger partial charge on any atom is -0.478 e. The van der Waals surface area contributed by atoms with E-state index in [1.54, 1.807) is 12.3 Å². The number of alkyl halides is 2. The Morgan fingerprint density at radius 3 is 2.72 bits per heavy atom. The quantitative estimate of drug-likeness (QED) is 0.837. The van der Waals surface area contributed by atoms with E-state index in [-0.39, 0.29) is 11.3 Å². The molecule has 1 saturated carbocycles. The van der Waals surface area contributed by atoms with Gasteiger partial charge in [0, 0.05) is 18.3 Å². The van der Waals surface area contributed by atoms with Gasteiger partial charge in [0.2, 0.25) is 0 Å². The molecule has 1 aliphatic carbocycles. The van der Waals surface area contributed by atoms with Crippen molar-refractivity contribution in [3.8, 4) is 16.9 Å². The number of hydrogen-bond donors (Lipinski definition) is 1. The summed E-state index contributed by atoms with van der Waals surface area (Å²) in [5, 5.41) is 13.4. The fourth-order valence-electron chi connectivity index (χ4n) is 3.32. The third-order valence-electron chi connectivity index (χ3n) is 4.56. The van der Waals surface area contributed by atoms with Crippen LogP contribution in [0, 0.1) is 5.92 Å². The van der Waals surface area contributed by atoms with Crippen LogP contribution in [0.2, 0.25) is 0 Å². The van der Waals surface area contributed by atoms with E-state index in [0.717, 1.165) is 12.1 Å². The topological polar surface area (TPSA) is 64.3 Å². The number of carbonyl (C=O) groups is 1. The molecule has 3 rings (SSSR count). The van der Waals surface area contributed by atoms with E-state index >= 15 is 0 Å². The lowest BCUT2D eigenvalue weighted by atomic mass is 9.89. The van der Waals surface area contributed by atoms with Gasteiger partial charge in [-0.05, 0) is 36.5 Å². The molecule has 1 aromatic heterocycles. The molecule has 0 radical (unpaired) electrons. The molecule has 7 heteroatoms. The predicted molar refractivity (Wildman–Crippen MR) is 87.8 cm³/mol. The normalized spacial score (nSPS) is 15.5.